The van der Waals surface area contributed by atoms with Crippen molar-refractivity contribution in [2.24, 2.45) is 23.7 Å². The molecule has 0 bridgehead atoms. The van der Waals surface area contributed by atoms with E-state index in [4.69, 9.17) is 37.0 Å². The summed E-state index contributed by atoms with van der Waals surface area (Å²) in [6, 6.07) is 0. The molecule has 0 aromatic rings. The largest absolute Gasteiger partial charge is 0.472 e. The maximum Gasteiger partial charge on any atom is 0.472 e. The Bertz CT molecular complexity index is 1750. The summed E-state index contributed by atoms with van der Waals surface area (Å²) < 4.78 is 68.1. The highest BCUT2D eigenvalue weighted by molar-refractivity contribution is 7.47. The minimum atomic E-state index is -4.95. The van der Waals surface area contributed by atoms with Gasteiger partial charge in [0.15, 0.2) is 12.2 Å². The molecule has 4 unspecified atom stereocenters. The van der Waals surface area contributed by atoms with Gasteiger partial charge in [-0.3, -0.25) is 37.3 Å². The number of hydrogen-bond donors (Lipinski definition) is 3. The number of ether oxygens (including phenoxy) is 4. The van der Waals surface area contributed by atoms with Crippen molar-refractivity contribution in [1.29, 1.82) is 0 Å². The molecular formula is C69H134O17P2. The molecular weight excluding hydrogens is 1160 g/mol. The van der Waals surface area contributed by atoms with Crippen molar-refractivity contribution in [1.82, 2.24) is 0 Å². The van der Waals surface area contributed by atoms with Crippen LogP contribution in [0.4, 0.5) is 0 Å². The van der Waals surface area contributed by atoms with Crippen LogP contribution in [0.2, 0.25) is 0 Å². The molecule has 0 heterocycles. The van der Waals surface area contributed by atoms with Crippen LogP contribution in [0.5, 0.6) is 0 Å². The van der Waals surface area contributed by atoms with Gasteiger partial charge in [0.2, 0.25) is 0 Å². The van der Waals surface area contributed by atoms with Gasteiger partial charge in [0.25, 0.3) is 0 Å². The predicted octanol–water partition coefficient (Wildman–Crippen LogP) is 19.3. The molecule has 0 amide bonds. The second-order valence-electron chi connectivity index (χ2n) is 26.6. The molecule has 0 aromatic carbocycles. The SMILES string of the molecule is CCC(C)CCCCCCCCCCCCCCCCC(=O)OC[C@H](COP(=O)(O)OCC(O)COP(=O)(O)OC[C@@H](COC(=O)CCCCCCCCCC(C)C)OC(=O)CCCCCCCCCC(C)C)OC(=O)CCCCCCCCCC(C)C. The van der Waals surface area contributed by atoms with Crippen LogP contribution in [0.1, 0.15) is 338 Å². The third-order valence-corrected chi connectivity index (χ3v) is 18.1. The molecule has 17 nitrogen and oxygen atoms in total. The van der Waals surface area contributed by atoms with E-state index in [1.165, 1.54) is 135 Å². The van der Waals surface area contributed by atoms with Gasteiger partial charge in [0.1, 0.15) is 19.3 Å². The number of aliphatic hydroxyl groups is 1. The zero-order valence-corrected chi connectivity index (χ0v) is 59.1. The van der Waals surface area contributed by atoms with Gasteiger partial charge >= 0.3 is 39.5 Å². The van der Waals surface area contributed by atoms with E-state index in [-0.39, 0.29) is 25.7 Å². The Hall–Kier alpha value is -1.94. The summed E-state index contributed by atoms with van der Waals surface area (Å²) in [6.45, 7) is 14.0. The van der Waals surface area contributed by atoms with Crippen molar-refractivity contribution in [3.8, 4) is 0 Å². The van der Waals surface area contributed by atoms with Gasteiger partial charge in [-0.1, -0.05) is 287 Å². The lowest BCUT2D eigenvalue weighted by atomic mass is 9.99. The van der Waals surface area contributed by atoms with Crippen LogP contribution < -0.4 is 0 Å². The molecule has 3 N–H and O–H groups in total. The number of phosphoric acid groups is 2. The Balaban J connectivity index is 5.18. The topological polar surface area (TPSA) is 237 Å². The third kappa shape index (κ3) is 61.6. The summed E-state index contributed by atoms with van der Waals surface area (Å²) in [5.74, 6) is 0.810. The lowest BCUT2D eigenvalue weighted by molar-refractivity contribution is -0.161. The molecule has 6 atom stereocenters. The summed E-state index contributed by atoms with van der Waals surface area (Å²) in [5.41, 5.74) is 0. The lowest BCUT2D eigenvalue weighted by Gasteiger charge is -2.21. The highest BCUT2D eigenvalue weighted by atomic mass is 31.2. The van der Waals surface area contributed by atoms with Gasteiger partial charge in [0.05, 0.1) is 26.4 Å². The van der Waals surface area contributed by atoms with E-state index in [1.54, 1.807) is 0 Å². The molecule has 522 valence electrons. The summed E-state index contributed by atoms with van der Waals surface area (Å²) in [4.78, 5) is 72.4. The highest BCUT2D eigenvalue weighted by Gasteiger charge is 2.30. The molecule has 0 saturated carbocycles. The second-order valence-corrected chi connectivity index (χ2v) is 29.5. The summed E-state index contributed by atoms with van der Waals surface area (Å²) in [7, 11) is -9.90. The molecule has 0 aliphatic carbocycles. The fourth-order valence-electron chi connectivity index (χ4n) is 10.3. The predicted molar refractivity (Wildman–Crippen MR) is 354 cm³/mol. The first-order valence-corrected chi connectivity index (χ1v) is 38.7. The zero-order valence-electron chi connectivity index (χ0n) is 57.3. The van der Waals surface area contributed by atoms with Crippen molar-refractivity contribution in [3.63, 3.8) is 0 Å². The second kappa shape index (κ2) is 58.8. The Kier molecular flexibility index (Phi) is 57.6. The minimum Gasteiger partial charge on any atom is -0.462 e. The zero-order chi connectivity index (χ0) is 65.4. The number of hydrogen-bond acceptors (Lipinski definition) is 15. The van der Waals surface area contributed by atoms with Crippen molar-refractivity contribution in [3.05, 3.63) is 0 Å². The van der Waals surface area contributed by atoms with Crippen molar-refractivity contribution >= 4 is 39.5 Å². The van der Waals surface area contributed by atoms with Gasteiger partial charge in [0, 0.05) is 25.7 Å². The number of phosphoric ester groups is 2. The first kappa shape index (κ1) is 86.1. The minimum absolute atomic E-state index is 0.102. The molecule has 19 heteroatoms. The number of aliphatic hydroxyl groups excluding tert-OH is 1. The van der Waals surface area contributed by atoms with E-state index in [2.05, 4.69) is 55.4 Å². The molecule has 0 aromatic heterocycles. The molecule has 88 heavy (non-hydrogen) atoms. The van der Waals surface area contributed by atoms with Crippen LogP contribution in [-0.4, -0.2) is 96.7 Å². The number of carbonyl (C=O) groups is 4. The van der Waals surface area contributed by atoms with E-state index in [9.17, 15) is 43.2 Å². The summed E-state index contributed by atoms with van der Waals surface area (Å²) >= 11 is 0. The number of rotatable bonds is 66. The number of carbonyl (C=O) groups excluding carboxylic acids is 4. The maximum absolute atomic E-state index is 13.0. The van der Waals surface area contributed by atoms with E-state index in [1.807, 2.05) is 0 Å². The van der Waals surface area contributed by atoms with Gasteiger partial charge < -0.3 is 33.8 Å². The normalized spacial score (nSPS) is 14.6. The monoisotopic (exact) mass is 1300 g/mol. The fourth-order valence-corrected chi connectivity index (χ4v) is 11.9. The van der Waals surface area contributed by atoms with Crippen molar-refractivity contribution in [2.45, 2.75) is 356 Å². The Morgan fingerprint density at radius 2 is 0.545 bits per heavy atom. The van der Waals surface area contributed by atoms with Crippen LogP contribution in [0.3, 0.4) is 0 Å². The summed E-state index contributed by atoms with van der Waals surface area (Å²) in [6.07, 6.45) is 40.6. The Morgan fingerprint density at radius 3 is 0.807 bits per heavy atom. The number of unbranched alkanes of at least 4 members (excludes halogenated alkanes) is 31. The van der Waals surface area contributed by atoms with Crippen LogP contribution >= 0.6 is 15.6 Å². The molecule has 0 fully saturated rings. The van der Waals surface area contributed by atoms with E-state index in [0.717, 1.165) is 102 Å². The Morgan fingerprint density at radius 1 is 0.318 bits per heavy atom. The molecule has 0 spiro atoms. The van der Waals surface area contributed by atoms with Crippen LogP contribution in [0, 0.1) is 23.7 Å². The van der Waals surface area contributed by atoms with Crippen LogP contribution in [0.15, 0.2) is 0 Å². The molecule has 0 rings (SSSR count). The summed E-state index contributed by atoms with van der Waals surface area (Å²) in [5, 5.41) is 10.6. The standard InChI is InChI=1S/C69H134O17P2/c1-9-62(8)48-40-32-24-16-14-12-10-11-13-15-17-25-33-41-49-66(71)79-55-64(85-68(73)51-43-35-27-19-22-30-38-46-60(4)5)57-83-87(75,76)81-53-63(70)54-82-88(77,78)84-58-65(86-69(74)52-44-36-28-20-23-31-39-47-61(6)7)56-80-67(72)50-42-34-26-18-21-29-37-45-59(2)3/h59-65,70H,9-58H2,1-8H3,(H,75,76)(H,77,78)/t62?,63?,64-,65-/m1/s1. The van der Waals surface area contributed by atoms with E-state index >= 15 is 0 Å². The first-order valence-electron chi connectivity index (χ1n) is 35.7. The van der Waals surface area contributed by atoms with Crippen LogP contribution in [0.25, 0.3) is 0 Å². The first-order chi connectivity index (χ1) is 42.1. The van der Waals surface area contributed by atoms with Crippen LogP contribution in [-0.2, 0) is 65.4 Å². The Labute approximate surface area is 537 Å². The average Bonchev–Trinajstić information content (AvgIpc) is 3.60. The fraction of sp³-hybridized carbons (Fsp3) is 0.942. The third-order valence-electron chi connectivity index (χ3n) is 16.2. The average molecular weight is 1300 g/mol. The lowest BCUT2D eigenvalue weighted by Crippen LogP contribution is -2.30. The smallest absolute Gasteiger partial charge is 0.462 e. The molecule has 0 saturated heterocycles. The molecule has 0 aliphatic rings. The quantitative estimate of drug-likeness (QED) is 0.0222. The van der Waals surface area contributed by atoms with E-state index in [0.29, 0.717) is 43.4 Å². The maximum atomic E-state index is 13.0. The molecule has 0 aliphatic heterocycles. The molecule has 0 radical (unpaired) electrons. The highest BCUT2D eigenvalue weighted by Crippen LogP contribution is 2.45. The van der Waals surface area contributed by atoms with Gasteiger partial charge in [-0.2, -0.15) is 0 Å². The van der Waals surface area contributed by atoms with Gasteiger partial charge in [-0.25, -0.2) is 9.13 Å². The van der Waals surface area contributed by atoms with Gasteiger partial charge in [-0.05, 0) is 49.4 Å². The van der Waals surface area contributed by atoms with E-state index < -0.39 is 97.5 Å². The number of esters is 4. The van der Waals surface area contributed by atoms with Gasteiger partial charge in [-0.15, -0.1) is 0 Å². The van der Waals surface area contributed by atoms with Crippen molar-refractivity contribution < 1.29 is 80.2 Å². The van der Waals surface area contributed by atoms with Crippen molar-refractivity contribution in [2.75, 3.05) is 39.6 Å².